The minimum Gasteiger partial charge on any atom is -0.497 e. The van der Waals surface area contributed by atoms with Gasteiger partial charge < -0.3 is 18.9 Å². The predicted molar refractivity (Wildman–Crippen MR) is 139 cm³/mol. The predicted octanol–water partition coefficient (Wildman–Crippen LogP) is 6.26. The summed E-state index contributed by atoms with van der Waals surface area (Å²) in [6.07, 6.45) is 11.4. The Morgan fingerprint density at radius 3 is 2.41 bits per heavy atom. The summed E-state index contributed by atoms with van der Waals surface area (Å²) in [6.45, 7) is 4.66. The lowest BCUT2D eigenvalue weighted by molar-refractivity contribution is 0.223. The summed E-state index contributed by atoms with van der Waals surface area (Å²) in [4.78, 5) is 7.20. The van der Waals surface area contributed by atoms with Crippen LogP contribution in [0.1, 0.15) is 25.7 Å². The van der Waals surface area contributed by atoms with E-state index in [9.17, 15) is 0 Å². The molecule has 4 aromatic rings. The van der Waals surface area contributed by atoms with Crippen molar-refractivity contribution in [2.45, 2.75) is 32.2 Å². The molecule has 5 nitrogen and oxygen atoms in total. The van der Waals surface area contributed by atoms with Crippen molar-refractivity contribution in [3.05, 3.63) is 67.1 Å². The molecular weight excluding hydrogens is 422 g/mol. The van der Waals surface area contributed by atoms with Crippen LogP contribution in [0.3, 0.4) is 0 Å². The summed E-state index contributed by atoms with van der Waals surface area (Å²) in [7, 11) is 3.42. The number of hydrogen-bond donors (Lipinski definition) is 0. The average Bonchev–Trinajstić information content (AvgIpc) is 3.27. The van der Waals surface area contributed by atoms with Crippen LogP contribution in [0.25, 0.3) is 33.2 Å². The number of hydrogen-bond acceptors (Lipinski definition) is 4. The Labute approximate surface area is 201 Å². The number of methoxy groups -OCH3 is 2. The van der Waals surface area contributed by atoms with E-state index in [2.05, 4.69) is 51.0 Å². The molecule has 1 saturated heterocycles. The van der Waals surface area contributed by atoms with Gasteiger partial charge in [0.05, 0.1) is 14.2 Å². The van der Waals surface area contributed by atoms with Crippen LogP contribution in [0.2, 0.25) is 0 Å². The lowest BCUT2D eigenvalue weighted by Gasteiger charge is -2.26. The Morgan fingerprint density at radius 2 is 1.59 bits per heavy atom. The highest BCUT2D eigenvalue weighted by Gasteiger charge is 2.14. The zero-order valence-corrected chi connectivity index (χ0v) is 20.2. The van der Waals surface area contributed by atoms with E-state index in [1.807, 2.05) is 30.6 Å². The first-order valence-corrected chi connectivity index (χ1v) is 12.2. The highest BCUT2D eigenvalue weighted by molar-refractivity contribution is 5.97. The van der Waals surface area contributed by atoms with Crippen molar-refractivity contribution >= 4 is 10.9 Å². The minimum absolute atomic E-state index is 0.845. The number of nitrogens with zero attached hydrogens (tertiary/aromatic N) is 3. The molecule has 2 aromatic heterocycles. The Kier molecular flexibility index (Phi) is 6.82. The number of aryl methyl sites for hydroxylation is 1. The van der Waals surface area contributed by atoms with Crippen molar-refractivity contribution in [1.29, 1.82) is 0 Å². The fourth-order valence-electron chi connectivity index (χ4n) is 5.01. The normalized spacial score (nSPS) is 14.4. The molecule has 0 saturated carbocycles. The molecule has 0 N–H and O–H groups in total. The van der Waals surface area contributed by atoms with E-state index in [4.69, 9.17) is 9.47 Å². The molecule has 1 aliphatic rings. The van der Waals surface area contributed by atoms with Gasteiger partial charge in [-0.15, -0.1) is 0 Å². The summed E-state index contributed by atoms with van der Waals surface area (Å²) < 4.78 is 13.4. The molecule has 0 spiro atoms. The third-order valence-electron chi connectivity index (χ3n) is 6.86. The Balaban J connectivity index is 1.47. The molecule has 34 heavy (non-hydrogen) atoms. The maximum absolute atomic E-state index is 5.56. The molecule has 1 fully saturated rings. The summed E-state index contributed by atoms with van der Waals surface area (Å²) in [5.74, 6) is 1.72. The first kappa shape index (κ1) is 22.5. The summed E-state index contributed by atoms with van der Waals surface area (Å²) in [5, 5.41) is 1.20. The molecule has 0 unspecified atom stereocenters. The second-order valence-electron chi connectivity index (χ2n) is 9.07. The van der Waals surface area contributed by atoms with Crippen LogP contribution < -0.4 is 9.47 Å². The van der Waals surface area contributed by atoms with Gasteiger partial charge in [0.25, 0.3) is 0 Å². The molecule has 0 amide bonds. The number of benzene rings is 2. The fraction of sp³-hybridized carbons (Fsp3) is 0.345. The van der Waals surface area contributed by atoms with E-state index in [0.717, 1.165) is 47.7 Å². The molecule has 2 aromatic carbocycles. The topological polar surface area (TPSA) is 39.5 Å². The number of pyridine rings is 1. The number of piperidine rings is 1. The van der Waals surface area contributed by atoms with E-state index in [-0.39, 0.29) is 0 Å². The van der Waals surface area contributed by atoms with Crippen LogP contribution in [0.15, 0.2) is 67.1 Å². The van der Waals surface area contributed by atoms with Crippen LogP contribution in [-0.4, -0.2) is 48.3 Å². The molecule has 0 aliphatic carbocycles. The number of rotatable bonds is 8. The number of likely N-dealkylation sites (tertiary alicyclic amines) is 1. The second-order valence-corrected chi connectivity index (χ2v) is 9.07. The highest BCUT2D eigenvalue weighted by Crippen LogP contribution is 2.35. The summed E-state index contributed by atoms with van der Waals surface area (Å²) >= 11 is 0. The Bertz CT molecular complexity index is 1260. The van der Waals surface area contributed by atoms with Gasteiger partial charge in [-0.3, -0.25) is 4.98 Å². The molecule has 0 bridgehead atoms. The van der Waals surface area contributed by atoms with Crippen LogP contribution >= 0.6 is 0 Å². The lowest BCUT2D eigenvalue weighted by Crippen LogP contribution is -2.31. The number of ether oxygens (including phenoxy) is 2. The molecule has 0 radical (unpaired) electrons. The molecule has 176 valence electrons. The van der Waals surface area contributed by atoms with Crippen molar-refractivity contribution in [2.75, 3.05) is 33.9 Å². The monoisotopic (exact) mass is 455 g/mol. The van der Waals surface area contributed by atoms with E-state index in [0.29, 0.717) is 0 Å². The van der Waals surface area contributed by atoms with Crippen molar-refractivity contribution in [3.63, 3.8) is 0 Å². The molecule has 5 heteroatoms. The van der Waals surface area contributed by atoms with Crippen molar-refractivity contribution in [3.8, 4) is 33.8 Å². The third-order valence-corrected chi connectivity index (χ3v) is 6.86. The zero-order chi connectivity index (χ0) is 23.3. The van der Waals surface area contributed by atoms with Crippen LogP contribution in [0.5, 0.6) is 11.5 Å². The fourth-order valence-corrected chi connectivity index (χ4v) is 5.01. The molecule has 0 atom stereocenters. The van der Waals surface area contributed by atoms with Gasteiger partial charge in [-0.2, -0.15) is 0 Å². The van der Waals surface area contributed by atoms with Gasteiger partial charge in [0.1, 0.15) is 11.5 Å². The van der Waals surface area contributed by atoms with E-state index < -0.39 is 0 Å². The van der Waals surface area contributed by atoms with Crippen LogP contribution in [0, 0.1) is 0 Å². The van der Waals surface area contributed by atoms with Gasteiger partial charge in [-0.1, -0.05) is 18.6 Å². The molecule has 1 aliphatic heterocycles. The average molecular weight is 456 g/mol. The largest absolute Gasteiger partial charge is 0.497 e. The number of fused-ring (bicyclic) bond motifs is 1. The quantitative estimate of drug-likeness (QED) is 0.314. The van der Waals surface area contributed by atoms with Gasteiger partial charge in [0, 0.05) is 52.7 Å². The molecule has 5 rings (SSSR count). The van der Waals surface area contributed by atoms with Crippen molar-refractivity contribution in [2.24, 2.45) is 0 Å². The number of aromatic nitrogens is 2. The van der Waals surface area contributed by atoms with Crippen molar-refractivity contribution < 1.29 is 9.47 Å². The maximum Gasteiger partial charge on any atom is 0.119 e. The van der Waals surface area contributed by atoms with Crippen LogP contribution in [0.4, 0.5) is 0 Å². The van der Waals surface area contributed by atoms with E-state index in [1.54, 1.807) is 14.2 Å². The summed E-state index contributed by atoms with van der Waals surface area (Å²) in [5.41, 5.74) is 5.69. The first-order chi connectivity index (χ1) is 16.7. The minimum atomic E-state index is 0.845. The highest BCUT2D eigenvalue weighted by atomic mass is 16.5. The van der Waals surface area contributed by atoms with Gasteiger partial charge in [-0.05, 0) is 80.9 Å². The van der Waals surface area contributed by atoms with Gasteiger partial charge >= 0.3 is 0 Å². The molecule has 3 heterocycles. The third kappa shape index (κ3) is 4.80. The lowest BCUT2D eigenvalue weighted by atomic mass is 10.0. The standard InChI is InChI=1S/C29H33N3O2/c1-33-25-9-6-8-22(17-25)23-16-24(20-30-19-23)28-21-32(15-7-14-31-12-4-3-5-13-31)29-11-10-26(34-2)18-27(28)29/h6,8-11,16-21H,3-5,7,12-15H2,1-2H3. The maximum atomic E-state index is 5.56. The van der Waals surface area contributed by atoms with Crippen LogP contribution in [-0.2, 0) is 6.54 Å². The van der Waals surface area contributed by atoms with Gasteiger partial charge in [-0.25, -0.2) is 0 Å². The SMILES string of the molecule is COc1cccc(-c2cncc(-c3cn(CCCN4CCCCC4)c4ccc(OC)cc34)c2)c1. The van der Waals surface area contributed by atoms with Gasteiger partial charge in [0.15, 0.2) is 0 Å². The first-order valence-electron chi connectivity index (χ1n) is 12.2. The molecular formula is C29H33N3O2. The van der Waals surface area contributed by atoms with Gasteiger partial charge in [0.2, 0.25) is 0 Å². The summed E-state index contributed by atoms with van der Waals surface area (Å²) in [6, 6.07) is 16.7. The van der Waals surface area contributed by atoms with E-state index >= 15 is 0 Å². The Hall–Kier alpha value is -3.31. The van der Waals surface area contributed by atoms with Crippen molar-refractivity contribution in [1.82, 2.24) is 14.5 Å². The second kappa shape index (κ2) is 10.3. The Morgan fingerprint density at radius 1 is 0.794 bits per heavy atom. The zero-order valence-electron chi connectivity index (χ0n) is 20.2. The van der Waals surface area contributed by atoms with E-state index in [1.165, 1.54) is 48.8 Å². The smallest absolute Gasteiger partial charge is 0.119 e.